The summed E-state index contributed by atoms with van der Waals surface area (Å²) in [5.41, 5.74) is -10.4. The zero-order chi connectivity index (χ0) is 46.3. The lowest BCUT2D eigenvalue weighted by Crippen LogP contribution is -2.30. The van der Waals surface area contributed by atoms with E-state index >= 15 is 0 Å². The van der Waals surface area contributed by atoms with Gasteiger partial charge >= 0.3 is 71.6 Å². The Balaban J connectivity index is 0.000000600. The molecule has 60 heavy (non-hydrogen) atoms. The molecule has 0 heterocycles. The Morgan fingerprint density at radius 3 is 0.250 bits per heavy atom. The van der Waals surface area contributed by atoms with Crippen LogP contribution in [-0.4, -0.2) is 157 Å². The molecule has 2 aromatic carbocycles. The SMILES string of the molecule is COC(=O)c1c(C(=O)OC)c(C(=O)OC)c(C(=O)OC)c(C(=O)OC)c1C(=O)OC.COC(=O)c1c(C(=O)OC)c(C(=O)OC)c(C(=O)OC)c(C(=O)OC)c1C(=O)OC. The second kappa shape index (κ2) is 22.1. The van der Waals surface area contributed by atoms with Gasteiger partial charge in [-0.25, -0.2) is 57.5 Å². The highest BCUT2D eigenvalue weighted by molar-refractivity contribution is 6.25. The van der Waals surface area contributed by atoms with Gasteiger partial charge in [0.05, 0.1) is 152 Å². The summed E-state index contributed by atoms with van der Waals surface area (Å²) >= 11 is 0. The van der Waals surface area contributed by atoms with Gasteiger partial charge in [0, 0.05) is 0 Å². The van der Waals surface area contributed by atoms with E-state index in [4.69, 9.17) is 0 Å². The number of esters is 12. The summed E-state index contributed by atoms with van der Waals surface area (Å²) in [6.45, 7) is 0. The van der Waals surface area contributed by atoms with Gasteiger partial charge in [0.2, 0.25) is 0 Å². The van der Waals surface area contributed by atoms with Gasteiger partial charge in [-0.2, -0.15) is 0 Å². The summed E-state index contributed by atoms with van der Waals surface area (Å²) in [5.74, 6) is -15.8. The van der Waals surface area contributed by atoms with Crippen LogP contribution in [0.25, 0.3) is 0 Å². The second-order valence-electron chi connectivity index (χ2n) is 10.4. The maximum absolute atomic E-state index is 12.5. The van der Waals surface area contributed by atoms with Crippen molar-refractivity contribution in [1.82, 2.24) is 0 Å². The third-order valence-electron chi connectivity index (χ3n) is 7.67. The largest absolute Gasteiger partial charge is 0.465 e. The molecule has 324 valence electrons. The molecule has 0 saturated heterocycles. The highest BCUT2D eigenvalue weighted by Crippen LogP contribution is 2.34. The van der Waals surface area contributed by atoms with Gasteiger partial charge in [0.25, 0.3) is 0 Å². The third kappa shape index (κ3) is 9.60. The quantitative estimate of drug-likeness (QED) is 0.211. The molecule has 0 amide bonds. The van der Waals surface area contributed by atoms with E-state index in [0.29, 0.717) is 0 Å². The van der Waals surface area contributed by atoms with Crippen molar-refractivity contribution in [3.05, 3.63) is 66.8 Å². The van der Waals surface area contributed by atoms with Crippen molar-refractivity contribution >= 4 is 71.6 Å². The molecule has 0 fully saturated rings. The van der Waals surface area contributed by atoms with Gasteiger partial charge in [-0.3, -0.25) is 0 Å². The number of benzene rings is 2. The molecule has 0 N–H and O–H groups in total. The fourth-order valence-corrected chi connectivity index (χ4v) is 5.17. The van der Waals surface area contributed by atoms with Crippen LogP contribution in [0, 0.1) is 0 Å². The Morgan fingerprint density at radius 2 is 0.217 bits per heavy atom. The Kier molecular flexibility index (Phi) is 18.5. The molecule has 0 aliphatic rings. The van der Waals surface area contributed by atoms with Crippen LogP contribution in [0.2, 0.25) is 0 Å². The average molecular weight is 853 g/mol. The smallest absolute Gasteiger partial charge is 0.339 e. The number of methoxy groups -OCH3 is 12. The maximum atomic E-state index is 12.5. The summed E-state index contributed by atoms with van der Waals surface area (Å²) in [5, 5.41) is 0. The standard InChI is InChI=1S/2C18H18O12/c2*1-25-13(19)7-8(14(20)26-2)10(16(22)28-4)12(18(24)30-6)11(17(23)29-5)9(7)15(21)27-3/h2*1-6H3. The van der Waals surface area contributed by atoms with Gasteiger partial charge in [-0.05, 0) is 0 Å². The van der Waals surface area contributed by atoms with Crippen molar-refractivity contribution in [2.24, 2.45) is 0 Å². The monoisotopic (exact) mass is 852 g/mol. The predicted molar refractivity (Wildman–Crippen MR) is 189 cm³/mol. The van der Waals surface area contributed by atoms with E-state index in [-0.39, 0.29) is 0 Å². The first-order valence-electron chi connectivity index (χ1n) is 15.8. The van der Waals surface area contributed by atoms with Crippen LogP contribution in [0.3, 0.4) is 0 Å². The topological polar surface area (TPSA) is 316 Å². The number of carbonyl (C=O) groups is 12. The van der Waals surface area contributed by atoms with Gasteiger partial charge in [0.15, 0.2) is 0 Å². The fourth-order valence-electron chi connectivity index (χ4n) is 5.17. The highest BCUT2D eigenvalue weighted by Gasteiger charge is 2.44. The van der Waals surface area contributed by atoms with Crippen molar-refractivity contribution in [1.29, 1.82) is 0 Å². The number of hydrogen-bond donors (Lipinski definition) is 0. The minimum atomic E-state index is -1.32. The number of rotatable bonds is 12. The first kappa shape index (κ1) is 50.1. The van der Waals surface area contributed by atoms with Gasteiger partial charge in [0.1, 0.15) is 0 Å². The number of hydrogen-bond acceptors (Lipinski definition) is 24. The maximum Gasteiger partial charge on any atom is 0.339 e. The predicted octanol–water partition coefficient (Wildman–Crippen LogP) is 0.812. The first-order chi connectivity index (χ1) is 28.3. The molecule has 24 heteroatoms. The zero-order valence-electron chi connectivity index (χ0n) is 33.8. The molecule has 0 bridgehead atoms. The number of carbonyl (C=O) groups excluding carboxylic acids is 12. The molecule has 0 atom stereocenters. The van der Waals surface area contributed by atoms with E-state index in [2.05, 4.69) is 56.8 Å². The summed E-state index contributed by atoms with van der Waals surface area (Å²) in [4.78, 5) is 150. The molecule has 2 aromatic rings. The van der Waals surface area contributed by atoms with Crippen LogP contribution < -0.4 is 0 Å². The zero-order valence-corrected chi connectivity index (χ0v) is 33.8. The lowest BCUT2D eigenvalue weighted by atomic mass is 9.85. The van der Waals surface area contributed by atoms with Gasteiger partial charge < -0.3 is 56.8 Å². The molecule has 0 spiro atoms. The van der Waals surface area contributed by atoms with E-state index in [1.54, 1.807) is 0 Å². The van der Waals surface area contributed by atoms with Crippen molar-refractivity contribution in [3.8, 4) is 0 Å². The van der Waals surface area contributed by atoms with E-state index in [1.807, 2.05) is 0 Å². The molecule has 2 rings (SSSR count). The van der Waals surface area contributed by atoms with Gasteiger partial charge in [-0.15, -0.1) is 0 Å². The lowest BCUT2D eigenvalue weighted by Gasteiger charge is -2.20. The summed E-state index contributed by atoms with van der Waals surface area (Å²) < 4.78 is 55.1. The van der Waals surface area contributed by atoms with Crippen LogP contribution in [0.5, 0.6) is 0 Å². The van der Waals surface area contributed by atoms with Crippen LogP contribution >= 0.6 is 0 Å². The first-order valence-corrected chi connectivity index (χ1v) is 15.8. The average Bonchev–Trinajstić information content (AvgIpc) is 3.28. The van der Waals surface area contributed by atoms with Crippen LogP contribution in [0.15, 0.2) is 0 Å². The molecule has 24 nitrogen and oxygen atoms in total. The highest BCUT2D eigenvalue weighted by atomic mass is 16.6. The van der Waals surface area contributed by atoms with Crippen LogP contribution in [-0.2, 0) is 56.8 Å². The fraction of sp³-hybridized carbons (Fsp3) is 0.333. The van der Waals surface area contributed by atoms with Crippen LogP contribution in [0.4, 0.5) is 0 Å². The van der Waals surface area contributed by atoms with Crippen molar-refractivity contribution in [2.75, 3.05) is 85.3 Å². The van der Waals surface area contributed by atoms with E-state index < -0.39 is 138 Å². The molecule has 0 unspecified atom stereocenters. The second-order valence-corrected chi connectivity index (χ2v) is 10.4. The Morgan fingerprint density at radius 1 is 0.167 bits per heavy atom. The minimum absolute atomic E-state index is 0.871. The molecule has 0 saturated carbocycles. The molecule has 0 aliphatic heterocycles. The molecular weight excluding hydrogens is 816 g/mol. The van der Waals surface area contributed by atoms with Crippen molar-refractivity contribution in [2.45, 2.75) is 0 Å². The Bertz CT molecular complexity index is 1580. The minimum Gasteiger partial charge on any atom is -0.465 e. The van der Waals surface area contributed by atoms with Crippen molar-refractivity contribution < 1.29 is 114 Å². The summed E-state index contributed by atoms with van der Waals surface area (Å²) in [6.07, 6.45) is 0. The van der Waals surface area contributed by atoms with E-state index in [9.17, 15) is 57.5 Å². The normalized spacial score (nSPS) is 9.80. The molecular formula is C36H36O24. The summed E-state index contributed by atoms with van der Waals surface area (Å²) in [6, 6.07) is 0. The van der Waals surface area contributed by atoms with E-state index in [1.165, 1.54) is 0 Å². The molecule has 0 radical (unpaired) electrons. The van der Waals surface area contributed by atoms with E-state index in [0.717, 1.165) is 85.3 Å². The van der Waals surface area contributed by atoms with Crippen LogP contribution in [0.1, 0.15) is 124 Å². The Hall–Kier alpha value is -7.92. The van der Waals surface area contributed by atoms with Crippen molar-refractivity contribution in [3.63, 3.8) is 0 Å². The third-order valence-corrected chi connectivity index (χ3v) is 7.67. The Labute approximate surface area is 338 Å². The molecule has 0 aromatic heterocycles. The molecule has 0 aliphatic carbocycles. The summed E-state index contributed by atoms with van der Waals surface area (Å²) in [7, 11) is 10.9. The lowest BCUT2D eigenvalue weighted by molar-refractivity contribution is 0.0492. The van der Waals surface area contributed by atoms with Gasteiger partial charge in [-0.1, -0.05) is 0 Å². The number of ether oxygens (including phenoxy) is 12.